The number of hydrogen-bond donors (Lipinski definition) is 0. The lowest BCUT2D eigenvalue weighted by atomic mass is 9.62. The van der Waals surface area contributed by atoms with Gasteiger partial charge in [-0.2, -0.15) is 0 Å². The van der Waals surface area contributed by atoms with E-state index in [4.69, 9.17) is 0 Å². The van der Waals surface area contributed by atoms with E-state index < -0.39 is 5.41 Å². The number of allylic oxidation sites excluding steroid dienone is 1. The average Bonchev–Trinajstić information content (AvgIpc) is 2.69. The largest absolute Gasteiger partial charge is 0.337 e. The lowest BCUT2D eigenvalue weighted by Crippen LogP contribution is -2.54. The first-order valence-electron chi connectivity index (χ1n) is 9.25. The molecule has 0 saturated carbocycles. The van der Waals surface area contributed by atoms with Gasteiger partial charge in [-0.1, -0.05) is 60.7 Å². The summed E-state index contributed by atoms with van der Waals surface area (Å²) in [5.74, 6) is 0.330. The van der Waals surface area contributed by atoms with Gasteiger partial charge in [-0.05, 0) is 42.0 Å². The van der Waals surface area contributed by atoms with E-state index in [0.29, 0.717) is 25.9 Å². The number of hydrogen-bond acceptors (Lipinski definition) is 2. The third-order valence-electron chi connectivity index (χ3n) is 5.88. The molecule has 3 nitrogen and oxygen atoms in total. The molecule has 26 heavy (non-hydrogen) atoms. The number of carbonyl (C=O) groups excluding carboxylic acids is 2. The highest BCUT2D eigenvalue weighted by atomic mass is 16.2. The molecule has 1 aliphatic heterocycles. The fraction of sp³-hybridized carbons (Fsp3) is 0.304. The minimum absolute atomic E-state index is 0.139. The first-order valence-corrected chi connectivity index (χ1v) is 9.25. The monoisotopic (exact) mass is 345 g/mol. The summed E-state index contributed by atoms with van der Waals surface area (Å²) in [7, 11) is 0. The number of likely N-dealkylation sites (tertiary alicyclic amines) is 1. The molecular weight excluding hydrogens is 322 g/mol. The smallest absolute Gasteiger partial charge is 0.237 e. The Labute approximate surface area is 154 Å². The van der Waals surface area contributed by atoms with E-state index >= 15 is 0 Å². The molecule has 1 saturated heterocycles. The lowest BCUT2D eigenvalue weighted by molar-refractivity contribution is -0.139. The maximum atomic E-state index is 13.7. The van der Waals surface area contributed by atoms with Gasteiger partial charge in [0.25, 0.3) is 0 Å². The van der Waals surface area contributed by atoms with Crippen LogP contribution in [-0.4, -0.2) is 23.1 Å². The van der Waals surface area contributed by atoms with E-state index in [0.717, 1.165) is 28.7 Å². The van der Waals surface area contributed by atoms with Gasteiger partial charge in [0, 0.05) is 19.5 Å². The Bertz CT molecular complexity index is 870. The molecule has 1 unspecified atom stereocenters. The second-order valence-corrected chi connectivity index (χ2v) is 7.26. The summed E-state index contributed by atoms with van der Waals surface area (Å²) >= 11 is 0. The van der Waals surface area contributed by atoms with Crippen molar-refractivity contribution in [1.29, 1.82) is 0 Å². The van der Waals surface area contributed by atoms with Crippen LogP contribution in [0.3, 0.4) is 0 Å². The third-order valence-corrected chi connectivity index (χ3v) is 5.88. The summed E-state index contributed by atoms with van der Waals surface area (Å²) in [5, 5.41) is 0. The van der Waals surface area contributed by atoms with E-state index in [1.54, 1.807) is 0 Å². The second kappa shape index (κ2) is 6.56. The molecule has 0 aromatic heterocycles. The zero-order chi connectivity index (χ0) is 18.1. The molecule has 2 aromatic carbocycles. The number of fused-ring (bicyclic) bond motifs is 1. The molecule has 0 radical (unpaired) electrons. The van der Waals surface area contributed by atoms with Crippen molar-refractivity contribution in [2.75, 3.05) is 6.54 Å². The van der Waals surface area contributed by atoms with Crippen molar-refractivity contribution < 1.29 is 9.59 Å². The fourth-order valence-electron chi connectivity index (χ4n) is 4.50. The summed E-state index contributed by atoms with van der Waals surface area (Å²) in [6.07, 6.45) is 1.78. The maximum Gasteiger partial charge on any atom is 0.237 e. The van der Waals surface area contributed by atoms with Gasteiger partial charge in [0.2, 0.25) is 5.91 Å². The summed E-state index contributed by atoms with van der Waals surface area (Å²) < 4.78 is 0. The Hall–Kier alpha value is -2.68. The van der Waals surface area contributed by atoms with Crippen molar-refractivity contribution in [2.45, 2.75) is 38.1 Å². The van der Waals surface area contributed by atoms with Gasteiger partial charge < -0.3 is 4.90 Å². The summed E-state index contributed by atoms with van der Waals surface area (Å²) in [6.45, 7) is 3.19. The molecular formula is C23H23NO2. The Kier molecular flexibility index (Phi) is 4.23. The van der Waals surface area contributed by atoms with Crippen LogP contribution >= 0.6 is 0 Å². The zero-order valence-electron chi connectivity index (χ0n) is 15.1. The number of ketones is 1. The molecule has 3 heteroatoms. The maximum absolute atomic E-state index is 13.7. The van der Waals surface area contributed by atoms with E-state index in [2.05, 4.69) is 12.1 Å². The number of benzene rings is 2. The predicted molar refractivity (Wildman–Crippen MR) is 102 cm³/mol. The SMILES string of the molecule is CC1=C2CCN(Cc3ccccc3)C(=O)C2(c2ccccc2)CCC1=O. The van der Waals surface area contributed by atoms with Gasteiger partial charge in [-0.15, -0.1) is 0 Å². The highest BCUT2D eigenvalue weighted by Crippen LogP contribution is 2.47. The molecule has 1 amide bonds. The number of amides is 1. The minimum atomic E-state index is -0.674. The Morgan fingerprint density at radius 2 is 1.58 bits per heavy atom. The Morgan fingerprint density at radius 1 is 0.923 bits per heavy atom. The molecule has 2 aromatic rings. The molecule has 1 fully saturated rings. The molecule has 4 rings (SSSR count). The third kappa shape index (κ3) is 2.59. The van der Waals surface area contributed by atoms with E-state index in [1.807, 2.05) is 60.4 Å². The normalized spacial score (nSPS) is 23.2. The summed E-state index contributed by atoms with van der Waals surface area (Å²) in [5.41, 5.74) is 3.32. The second-order valence-electron chi connectivity index (χ2n) is 7.26. The number of carbonyl (C=O) groups is 2. The van der Waals surface area contributed by atoms with Crippen molar-refractivity contribution >= 4 is 11.7 Å². The molecule has 0 bridgehead atoms. The molecule has 1 atom stereocenters. The van der Waals surface area contributed by atoms with Crippen LogP contribution < -0.4 is 0 Å². The number of piperidine rings is 1. The van der Waals surface area contributed by atoms with Crippen molar-refractivity contribution in [2.24, 2.45) is 0 Å². The molecule has 2 aliphatic rings. The van der Waals surface area contributed by atoms with Crippen molar-refractivity contribution in [1.82, 2.24) is 4.90 Å². The summed E-state index contributed by atoms with van der Waals surface area (Å²) in [4.78, 5) is 28.0. The standard InChI is InChI=1S/C23H23NO2/c1-17-20-13-15-24(16-18-8-4-2-5-9-18)22(26)23(20,14-12-21(17)25)19-10-6-3-7-11-19/h2-11H,12-16H2,1H3. The number of nitrogens with zero attached hydrogens (tertiary/aromatic N) is 1. The fourth-order valence-corrected chi connectivity index (χ4v) is 4.50. The van der Waals surface area contributed by atoms with Crippen LogP contribution in [0.15, 0.2) is 71.8 Å². The molecule has 0 spiro atoms. The van der Waals surface area contributed by atoms with Crippen LogP contribution in [0.4, 0.5) is 0 Å². The van der Waals surface area contributed by atoms with Crippen LogP contribution in [0.2, 0.25) is 0 Å². The van der Waals surface area contributed by atoms with Crippen LogP contribution in [-0.2, 0) is 21.5 Å². The topological polar surface area (TPSA) is 37.4 Å². The van der Waals surface area contributed by atoms with Crippen LogP contribution in [0.5, 0.6) is 0 Å². The lowest BCUT2D eigenvalue weighted by Gasteiger charge is -2.46. The van der Waals surface area contributed by atoms with Crippen molar-refractivity contribution in [3.63, 3.8) is 0 Å². The van der Waals surface area contributed by atoms with Gasteiger partial charge in [0.1, 0.15) is 0 Å². The predicted octanol–water partition coefficient (Wildman–Crippen LogP) is 4.04. The highest BCUT2D eigenvalue weighted by molar-refractivity contribution is 6.03. The number of Topliss-reactive ketones (excluding diaryl/α,β-unsaturated/α-hetero) is 1. The van der Waals surface area contributed by atoms with Gasteiger partial charge in [0.05, 0.1) is 5.41 Å². The quantitative estimate of drug-likeness (QED) is 0.842. The first-order chi connectivity index (χ1) is 12.6. The Balaban J connectivity index is 1.79. The molecule has 0 N–H and O–H groups in total. The molecule has 132 valence electrons. The van der Waals surface area contributed by atoms with Crippen LogP contribution in [0.1, 0.15) is 37.3 Å². The van der Waals surface area contributed by atoms with Crippen molar-refractivity contribution in [3.8, 4) is 0 Å². The van der Waals surface area contributed by atoms with Crippen LogP contribution in [0.25, 0.3) is 0 Å². The first kappa shape index (κ1) is 16.8. The van der Waals surface area contributed by atoms with Gasteiger partial charge in [-0.3, -0.25) is 9.59 Å². The number of rotatable bonds is 3. The van der Waals surface area contributed by atoms with Gasteiger partial charge in [0.15, 0.2) is 5.78 Å². The van der Waals surface area contributed by atoms with E-state index in [-0.39, 0.29) is 11.7 Å². The highest BCUT2D eigenvalue weighted by Gasteiger charge is 2.51. The minimum Gasteiger partial charge on any atom is -0.337 e. The van der Waals surface area contributed by atoms with E-state index in [1.165, 1.54) is 0 Å². The summed E-state index contributed by atoms with van der Waals surface area (Å²) in [6, 6.07) is 20.1. The average molecular weight is 345 g/mol. The van der Waals surface area contributed by atoms with Crippen molar-refractivity contribution in [3.05, 3.63) is 82.9 Å². The molecule has 1 aliphatic carbocycles. The van der Waals surface area contributed by atoms with Gasteiger partial charge >= 0.3 is 0 Å². The zero-order valence-corrected chi connectivity index (χ0v) is 15.1. The molecule has 1 heterocycles. The van der Waals surface area contributed by atoms with Crippen LogP contribution in [0, 0.1) is 0 Å². The van der Waals surface area contributed by atoms with Gasteiger partial charge in [-0.25, -0.2) is 0 Å². The Morgan fingerprint density at radius 3 is 2.27 bits per heavy atom. The van der Waals surface area contributed by atoms with E-state index in [9.17, 15) is 9.59 Å².